The van der Waals surface area contributed by atoms with Crippen LogP contribution in [0.1, 0.15) is 34.9 Å². The molecule has 0 amide bonds. The van der Waals surface area contributed by atoms with Crippen LogP contribution in [-0.2, 0) is 15.1 Å². The molecule has 0 saturated carbocycles. The van der Waals surface area contributed by atoms with Gasteiger partial charge in [0, 0.05) is 18.2 Å². The van der Waals surface area contributed by atoms with Crippen LogP contribution in [0, 0.1) is 19.3 Å². The predicted molar refractivity (Wildman–Crippen MR) is 156 cm³/mol. The number of nitrogens with zero attached hydrogens (tertiary/aromatic N) is 1. The van der Waals surface area contributed by atoms with E-state index in [4.69, 9.17) is 25.4 Å². The summed E-state index contributed by atoms with van der Waals surface area (Å²) in [6.07, 6.45) is 4.36. The van der Waals surface area contributed by atoms with Gasteiger partial charge in [0.1, 0.15) is 29.5 Å². The molecule has 216 valence electrons. The molecule has 5 rings (SSSR count). The Morgan fingerprint density at radius 1 is 0.976 bits per heavy atom. The van der Waals surface area contributed by atoms with Crippen LogP contribution >= 0.6 is 0 Å². The van der Waals surface area contributed by atoms with Gasteiger partial charge in [-0.05, 0) is 47.9 Å². The summed E-state index contributed by atoms with van der Waals surface area (Å²) in [7, 11) is 3.17. The molecule has 0 unspecified atom stereocenters. The van der Waals surface area contributed by atoms with E-state index in [2.05, 4.69) is 10.9 Å². The maximum Gasteiger partial charge on any atom is 0.330 e. The fraction of sp³-hybridized carbons (Fsp3) is 0.273. The second-order valence-corrected chi connectivity index (χ2v) is 10.1. The molecule has 3 atom stereocenters. The van der Waals surface area contributed by atoms with E-state index in [1.807, 2.05) is 78.9 Å². The van der Waals surface area contributed by atoms with Crippen molar-refractivity contribution in [2.45, 2.75) is 36.9 Å². The minimum atomic E-state index is -1.83. The first-order valence-corrected chi connectivity index (χ1v) is 13.4. The number of aromatic nitrogens is 2. The van der Waals surface area contributed by atoms with Gasteiger partial charge in [0.15, 0.2) is 5.60 Å². The number of nitrogens with one attached hydrogen (secondary N) is 1. The first-order valence-electron chi connectivity index (χ1n) is 13.4. The number of halogens is 1. The highest BCUT2D eigenvalue weighted by Crippen LogP contribution is 2.45. The Morgan fingerprint density at radius 2 is 1.52 bits per heavy atom. The summed E-state index contributed by atoms with van der Waals surface area (Å²) in [4.78, 5) is 26.7. The van der Waals surface area contributed by atoms with Crippen LogP contribution in [0.25, 0.3) is 0 Å². The molecule has 1 N–H and O–H groups in total. The molecule has 8 nitrogen and oxygen atoms in total. The smallest absolute Gasteiger partial charge is 0.330 e. The monoisotopic (exact) mass is 570 g/mol. The lowest BCUT2D eigenvalue weighted by Crippen LogP contribution is -2.45. The molecule has 1 aliphatic rings. The topological polar surface area (TPSA) is 91.8 Å². The normalized spacial score (nSPS) is 20.2. The average Bonchev–Trinajstić information content (AvgIpc) is 3.36. The van der Waals surface area contributed by atoms with Gasteiger partial charge in [-0.1, -0.05) is 60.5 Å². The van der Waals surface area contributed by atoms with Crippen LogP contribution in [-0.4, -0.2) is 42.2 Å². The number of aryl methyl sites for hydroxylation is 1. The van der Waals surface area contributed by atoms with Gasteiger partial charge in [-0.15, -0.1) is 6.42 Å². The van der Waals surface area contributed by atoms with Gasteiger partial charge in [-0.3, -0.25) is 14.3 Å². The highest BCUT2D eigenvalue weighted by molar-refractivity contribution is 5.50. The van der Waals surface area contributed by atoms with Gasteiger partial charge in [-0.25, -0.2) is 9.18 Å². The number of H-pyrrole nitrogens is 1. The maximum atomic E-state index is 15.9. The summed E-state index contributed by atoms with van der Waals surface area (Å²) in [6.45, 7) is 1.19. The number of terminal acetylenes is 1. The number of hydrogen-bond donors (Lipinski definition) is 1. The summed E-state index contributed by atoms with van der Waals surface area (Å²) in [6, 6.07) is 24.3. The van der Waals surface area contributed by atoms with Crippen LogP contribution in [0.15, 0.2) is 94.6 Å². The fourth-order valence-corrected chi connectivity index (χ4v) is 5.28. The van der Waals surface area contributed by atoms with Gasteiger partial charge >= 0.3 is 5.69 Å². The van der Waals surface area contributed by atoms with Crippen LogP contribution in [0.3, 0.4) is 0 Å². The van der Waals surface area contributed by atoms with Gasteiger partial charge in [0.05, 0.1) is 20.8 Å². The van der Waals surface area contributed by atoms with E-state index in [0.717, 1.165) is 21.3 Å². The fourth-order valence-electron chi connectivity index (χ4n) is 5.28. The van der Waals surface area contributed by atoms with Crippen molar-refractivity contribution in [1.82, 2.24) is 9.55 Å². The number of benzene rings is 3. The first kappa shape index (κ1) is 28.9. The van der Waals surface area contributed by atoms with Crippen LogP contribution < -0.4 is 20.7 Å². The van der Waals surface area contributed by atoms with E-state index < -0.39 is 34.9 Å². The molecule has 0 spiro atoms. The Bertz CT molecular complexity index is 1640. The van der Waals surface area contributed by atoms with Crippen molar-refractivity contribution in [1.29, 1.82) is 0 Å². The van der Waals surface area contributed by atoms with Gasteiger partial charge < -0.3 is 18.9 Å². The molecular weight excluding hydrogens is 539 g/mol. The lowest BCUT2D eigenvalue weighted by molar-refractivity contribution is -0.122. The summed E-state index contributed by atoms with van der Waals surface area (Å²) >= 11 is 0. The van der Waals surface area contributed by atoms with Crippen LogP contribution in [0.5, 0.6) is 11.5 Å². The lowest BCUT2D eigenvalue weighted by atomic mass is 9.79. The van der Waals surface area contributed by atoms with Crippen molar-refractivity contribution in [3.63, 3.8) is 0 Å². The molecule has 1 aliphatic heterocycles. The maximum absolute atomic E-state index is 15.9. The Hall–Kier alpha value is -4.65. The average molecular weight is 571 g/mol. The molecular formula is C33H31FN2O6. The first-order chi connectivity index (χ1) is 20.3. The Balaban J connectivity index is 1.61. The third kappa shape index (κ3) is 5.11. The van der Waals surface area contributed by atoms with E-state index in [1.165, 1.54) is 6.20 Å². The SMILES string of the molecule is C#C[C@]1(COC(c2ccccc2)(c2ccc(OC)cc2)c2ccc(OC)cc2)O[C@@H](n2cc(C)c(=O)[nH]c2=O)C[C@@H]1F. The highest BCUT2D eigenvalue weighted by atomic mass is 19.1. The summed E-state index contributed by atoms with van der Waals surface area (Å²) in [5.41, 5.74) is -1.79. The second-order valence-electron chi connectivity index (χ2n) is 10.1. The van der Waals surface area contributed by atoms with Crippen molar-refractivity contribution in [3.8, 4) is 23.8 Å². The molecule has 1 saturated heterocycles. The number of aromatic amines is 1. The minimum absolute atomic E-state index is 0.206. The van der Waals surface area contributed by atoms with E-state index >= 15 is 4.39 Å². The van der Waals surface area contributed by atoms with E-state index in [-0.39, 0.29) is 18.6 Å². The Morgan fingerprint density at radius 3 is 2.05 bits per heavy atom. The molecule has 1 aromatic heterocycles. The van der Waals surface area contributed by atoms with Crippen molar-refractivity contribution >= 4 is 0 Å². The Kier molecular flexibility index (Phi) is 8.03. The number of hydrogen-bond acceptors (Lipinski definition) is 6. The lowest BCUT2D eigenvalue weighted by Gasteiger charge is -2.38. The zero-order valence-electron chi connectivity index (χ0n) is 23.5. The van der Waals surface area contributed by atoms with Crippen LogP contribution in [0.2, 0.25) is 0 Å². The predicted octanol–water partition coefficient (Wildman–Crippen LogP) is 4.50. The quantitative estimate of drug-likeness (QED) is 0.235. The molecule has 3 aromatic carbocycles. The second kappa shape index (κ2) is 11.7. The van der Waals surface area contributed by atoms with Gasteiger partial charge in [0.2, 0.25) is 0 Å². The van der Waals surface area contributed by atoms with Gasteiger partial charge in [0.25, 0.3) is 5.56 Å². The number of methoxy groups -OCH3 is 2. The molecule has 42 heavy (non-hydrogen) atoms. The minimum Gasteiger partial charge on any atom is -0.497 e. The zero-order valence-corrected chi connectivity index (χ0v) is 23.5. The van der Waals surface area contributed by atoms with E-state index in [1.54, 1.807) is 21.1 Å². The third-order valence-electron chi connectivity index (χ3n) is 7.64. The molecule has 0 radical (unpaired) electrons. The molecule has 0 aliphatic carbocycles. The number of ether oxygens (including phenoxy) is 4. The molecule has 4 aromatic rings. The molecule has 9 heteroatoms. The van der Waals surface area contributed by atoms with Crippen molar-refractivity contribution in [2.24, 2.45) is 0 Å². The Labute approximate surface area is 242 Å². The van der Waals surface area contributed by atoms with E-state index in [9.17, 15) is 9.59 Å². The summed E-state index contributed by atoms with van der Waals surface area (Å²) in [5, 5.41) is 0. The van der Waals surface area contributed by atoms with Crippen LogP contribution in [0.4, 0.5) is 4.39 Å². The van der Waals surface area contributed by atoms with E-state index in [0.29, 0.717) is 11.5 Å². The van der Waals surface area contributed by atoms with Crippen molar-refractivity contribution in [3.05, 3.63) is 128 Å². The summed E-state index contributed by atoms with van der Waals surface area (Å²) < 4.78 is 40.8. The third-order valence-corrected chi connectivity index (χ3v) is 7.64. The van der Waals surface area contributed by atoms with Gasteiger partial charge in [-0.2, -0.15) is 0 Å². The molecule has 0 bridgehead atoms. The largest absolute Gasteiger partial charge is 0.497 e. The molecule has 1 fully saturated rings. The summed E-state index contributed by atoms with van der Waals surface area (Å²) in [5.74, 6) is 3.80. The number of alkyl halides is 1. The highest BCUT2D eigenvalue weighted by Gasteiger charge is 2.52. The number of rotatable bonds is 9. The van der Waals surface area contributed by atoms with Crippen molar-refractivity contribution < 1.29 is 23.3 Å². The standard InChI is InChI=1S/C33H31FN2O6/c1-5-32(28(34)19-29(42-32)36-20-22(2)30(37)35-31(36)38)21-41-33(23-9-7-6-8-10-23,24-11-15-26(39-3)16-12-24)25-13-17-27(40-4)18-14-25/h1,6-18,20,28-29H,19,21H2,2-4H3,(H,35,37,38)/t28-,29+,32+/m0/s1. The zero-order chi connectivity index (χ0) is 29.9. The molecule has 2 heterocycles. The van der Waals surface area contributed by atoms with Crippen molar-refractivity contribution in [2.75, 3.05) is 20.8 Å².